The second kappa shape index (κ2) is 9.98. The van der Waals surface area contributed by atoms with Gasteiger partial charge in [-0.05, 0) is 68.8 Å². The van der Waals surface area contributed by atoms with Gasteiger partial charge in [0.05, 0.1) is 22.1 Å². The van der Waals surface area contributed by atoms with Crippen LogP contribution in [0, 0.1) is 13.8 Å². The van der Waals surface area contributed by atoms with Crippen molar-refractivity contribution in [2.75, 3.05) is 18.4 Å². The molecule has 162 valence electrons. The number of aryl methyl sites for hydroxylation is 2. The molecule has 0 unspecified atom stereocenters. The summed E-state index contributed by atoms with van der Waals surface area (Å²) in [4.78, 5) is 27.1. The molecule has 3 aromatic rings. The van der Waals surface area contributed by atoms with E-state index in [1.165, 1.54) is 4.90 Å². The summed E-state index contributed by atoms with van der Waals surface area (Å²) >= 11 is 12.0. The van der Waals surface area contributed by atoms with Crippen LogP contribution < -0.4 is 5.32 Å². The minimum absolute atomic E-state index is 0.0785. The summed E-state index contributed by atoms with van der Waals surface area (Å²) < 4.78 is 1.83. The maximum atomic E-state index is 13.0. The number of hydrogen-bond acceptors (Lipinski definition) is 3. The summed E-state index contributed by atoms with van der Waals surface area (Å²) in [5.41, 5.74) is 3.78. The molecule has 0 spiro atoms. The Bertz CT molecular complexity index is 1090. The van der Waals surface area contributed by atoms with Gasteiger partial charge in [0.1, 0.15) is 6.54 Å². The van der Waals surface area contributed by atoms with Crippen molar-refractivity contribution >= 4 is 40.7 Å². The summed E-state index contributed by atoms with van der Waals surface area (Å²) in [7, 11) is 0. The van der Waals surface area contributed by atoms with Crippen LogP contribution in [0.4, 0.5) is 5.69 Å². The maximum Gasteiger partial charge on any atom is 0.254 e. The number of nitrogens with one attached hydrogen (secondary N) is 1. The van der Waals surface area contributed by atoms with Crippen molar-refractivity contribution in [3.8, 4) is 5.69 Å². The van der Waals surface area contributed by atoms with Crippen molar-refractivity contribution in [3.05, 3.63) is 75.5 Å². The fraction of sp³-hybridized carbons (Fsp3) is 0.261. The number of benzene rings is 2. The fourth-order valence-electron chi connectivity index (χ4n) is 3.29. The summed E-state index contributed by atoms with van der Waals surface area (Å²) in [6, 6.07) is 14.0. The van der Waals surface area contributed by atoms with Gasteiger partial charge in [-0.25, -0.2) is 4.68 Å². The third-order valence-electron chi connectivity index (χ3n) is 4.69. The van der Waals surface area contributed by atoms with Crippen LogP contribution in [0.2, 0.25) is 10.0 Å². The second-order valence-electron chi connectivity index (χ2n) is 7.28. The molecule has 0 saturated carbocycles. The highest BCUT2D eigenvalue weighted by Crippen LogP contribution is 2.25. The van der Waals surface area contributed by atoms with E-state index < -0.39 is 0 Å². The van der Waals surface area contributed by atoms with Gasteiger partial charge in [-0.15, -0.1) is 0 Å². The summed E-state index contributed by atoms with van der Waals surface area (Å²) in [6.45, 7) is 6.25. The van der Waals surface area contributed by atoms with E-state index in [9.17, 15) is 9.59 Å². The molecule has 0 aliphatic rings. The third kappa shape index (κ3) is 5.66. The van der Waals surface area contributed by atoms with E-state index in [-0.39, 0.29) is 18.4 Å². The molecule has 0 fully saturated rings. The number of carbonyl (C=O) groups is 2. The molecule has 0 bridgehead atoms. The summed E-state index contributed by atoms with van der Waals surface area (Å²) in [5.74, 6) is -0.538. The molecule has 0 saturated heterocycles. The molecular formula is C23H24Cl2N4O2. The van der Waals surface area contributed by atoms with Crippen LogP contribution in [-0.4, -0.2) is 39.6 Å². The molecule has 1 aromatic heterocycles. The Kier molecular flexibility index (Phi) is 7.36. The predicted octanol–water partition coefficient (Wildman–Crippen LogP) is 5.29. The van der Waals surface area contributed by atoms with E-state index in [2.05, 4.69) is 10.4 Å². The first-order chi connectivity index (χ1) is 14.8. The molecule has 1 heterocycles. The Morgan fingerprint density at radius 1 is 1.06 bits per heavy atom. The minimum Gasteiger partial charge on any atom is -0.329 e. The maximum absolute atomic E-state index is 13.0. The van der Waals surface area contributed by atoms with E-state index in [0.717, 1.165) is 23.5 Å². The van der Waals surface area contributed by atoms with E-state index in [4.69, 9.17) is 23.2 Å². The molecule has 2 amide bonds. The van der Waals surface area contributed by atoms with E-state index in [0.29, 0.717) is 27.8 Å². The van der Waals surface area contributed by atoms with Crippen molar-refractivity contribution in [2.24, 2.45) is 0 Å². The van der Waals surface area contributed by atoms with E-state index in [1.807, 2.05) is 43.7 Å². The lowest BCUT2D eigenvalue weighted by atomic mass is 10.1. The Balaban J connectivity index is 1.72. The lowest BCUT2D eigenvalue weighted by Crippen LogP contribution is -2.38. The number of nitrogens with zero attached hydrogens (tertiary/aromatic N) is 3. The number of amides is 2. The van der Waals surface area contributed by atoms with Gasteiger partial charge in [0.25, 0.3) is 5.91 Å². The SMILES string of the molecule is CCCN(CC(=O)Nc1ccc(Cl)cc1Cl)C(=O)c1ccc(-n2nc(C)cc2C)cc1. The highest BCUT2D eigenvalue weighted by Gasteiger charge is 2.19. The highest BCUT2D eigenvalue weighted by atomic mass is 35.5. The van der Waals surface area contributed by atoms with Crippen molar-refractivity contribution < 1.29 is 9.59 Å². The number of carbonyl (C=O) groups excluding carboxylic acids is 2. The topological polar surface area (TPSA) is 67.2 Å². The predicted molar refractivity (Wildman–Crippen MR) is 124 cm³/mol. The van der Waals surface area contributed by atoms with Gasteiger partial charge in [-0.2, -0.15) is 5.10 Å². The van der Waals surface area contributed by atoms with Crippen molar-refractivity contribution in [3.63, 3.8) is 0 Å². The monoisotopic (exact) mass is 458 g/mol. The lowest BCUT2D eigenvalue weighted by molar-refractivity contribution is -0.116. The van der Waals surface area contributed by atoms with Crippen LogP contribution in [0.25, 0.3) is 5.69 Å². The van der Waals surface area contributed by atoms with Gasteiger partial charge in [0, 0.05) is 22.8 Å². The number of aromatic nitrogens is 2. The fourth-order valence-corrected chi connectivity index (χ4v) is 3.75. The van der Waals surface area contributed by atoms with E-state index in [1.54, 1.807) is 30.3 Å². The number of anilines is 1. The molecule has 0 atom stereocenters. The standard InChI is InChI=1S/C23H24Cl2N4O2/c1-4-11-28(14-22(30)26-21-10-7-18(24)13-20(21)25)23(31)17-5-8-19(9-6-17)29-16(3)12-15(2)27-29/h5-10,12-13H,4,11,14H2,1-3H3,(H,26,30). The number of rotatable bonds is 7. The van der Waals surface area contributed by atoms with Gasteiger partial charge in [-0.1, -0.05) is 30.1 Å². The van der Waals surface area contributed by atoms with Crippen LogP contribution in [0.3, 0.4) is 0 Å². The van der Waals surface area contributed by atoms with Crippen LogP contribution in [0.5, 0.6) is 0 Å². The molecule has 6 nitrogen and oxygen atoms in total. The highest BCUT2D eigenvalue weighted by molar-refractivity contribution is 6.36. The summed E-state index contributed by atoms with van der Waals surface area (Å²) in [5, 5.41) is 8.02. The molecular weight excluding hydrogens is 435 g/mol. The zero-order valence-electron chi connectivity index (χ0n) is 17.7. The van der Waals surface area contributed by atoms with Crippen LogP contribution in [-0.2, 0) is 4.79 Å². The Morgan fingerprint density at radius 2 is 1.77 bits per heavy atom. The van der Waals surface area contributed by atoms with E-state index >= 15 is 0 Å². The molecule has 2 aromatic carbocycles. The van der Waals surface area contributed by atoms with Crippen LogP contribution in [0.1, 0.15) is 35.1 Å². The normalized spacial score (nSPS) is 10.7. The Labute approximate surface area is 191 Å². The van der Waals surface area contributed by atoms with Crippen molar-refractivity contribution in [2.45, 2.75) is 27.2 Å². The van der Waals surface area contributed by atoms with Gasteiger partial charge in [-0.3, -0.25) is 9.59 Å². The molecule has 0 radical (unpaired) electrons. The lowest BCUT2D eigenvalue weighted by Gasteiger charge is -2.22. The molecule has 3 rings (SSSR count). The van der Waals surface area contributed by atoms with Gasteiger partial charge < -0.3 is 10.2 Å². The zero-order chi connectivity index (χ0) is 22.5. The third-order valence-corrected chi connectivity index (χ3v) is 5.24. The molecule has 8 heteroatoms. The average Bonchev–Trinajstić information content (AvgIpc) is 3.07. The van der Waals surface area contributed by atoms with Gasteiger partial charge in [0.2, 0.25) is 5.91 Å². The molecule has 31 heavy (non-hydrogen) atoms. The van der Waals surface area contributed by atoms with Gasteiger partial charge >= 0.3 is 0 Å². The number of halogens is 2. The number of hydrogen-bond donors (Lipinski definition) is 1. The van der Waals surface area contributed by atoms with Crippen LogP contribution >= 0.6 is 23.2 Å². The minimum atomic E-state index is -0.328. The van der Waals surface area contributed by atoms with Crippen LogP contribution in [0.15, 0.2) is 48.5 Å². The first kappa shape index (κ1) is 22.8. The second-order valence-corrected chi connectivity index (χ2v) is 8.13. The first-order valence-corrected chi connectivity index (χ1v) is 10.7. The van der Waals surface area contributed by atoms with Crippen molar-refractivity contribution in [1.82, 2.24) is 14.7 Å². The largest absolute Gasteiger partial charge is 0.329 e. The first-order valence-electron chi connectivity index (χ1n) is 9.96. The quantitative estimate of drug-likeness (QED) is 0.522. The van der Waals surface area contributed by atoms with Crippen molar-refractivity contribution in [1.29, 1.82) is 0 Å². The molecule has 0 aliphatic heterocycles. The molecule has 0 aliphatic carbocycles. The Morgan fingerprint density at radius 3 is 2.35 bits per heavy atom. The molecule has 1 N–H and O–H groups in total. The Hall–Kier alpha value is -2.83. The smallest absolute Gasteiger partial charge is 0.254 e. The average molecular weight is 459 g/mol. The van der Waals surface area contributed by atoms with Gasteiger partial charge in [0.15, 0.2) is 0 Å². The zero-order valence-corrected chi connectivity index (χ0v) is 19.2. The summed E-state index contributed by atoms with van der Waals surface area (Å²) in [6.07, 6.45) is 0.727.